The lowest BCUT2D eigenvalue weighted by Gasteiger charge is -2.14. The maximum absolute atomic E-state index is 4.49. The van der Waals surface area contributed by atoms with Gasteiger partial charge in [0.15, 0.2) is 0 Å². The SMILES string of the molecule is Cc1c(-c2ccc(NC3CC4CNCC4C3)nn2)ccc2nn(C)cc12.Cl. The highest BCUT2D eigenvalue weighted by Gasteiger charge is 2.37. The number of aryl methyl sites for hydroxylation is 2. The second-order valence-electron chi connectivity index (χ2n) is 7.77. The number of halogens is 1. The fourth-order valence-corrected chi connectivity index (χ4v) is 4.67. The van der Waals surface area contributed by atoms with Crippen LogP contribution in [0.15, 0.2) is 30.5 Å². The highest BCUT2D eigenvalue weighted by molar-refractivity contribution is 5.88. The Morgan fingerprint density at radius 2 is 1.85 bits per heavy atom. The van der Waals surface area contributed by atoms with Gasteiger partial charge >= 0.3 is 0 Å². The van der Waals surface area contributed by atoms with E-state index in [9.17, 15) is 0 Å². The number of benzene rings is 1. The first-order chi connectivity index (χ1) is 12.7. The summed E-state index contributed by atoms with van der Waals surface area (Å²) in [5, 5.41) is 21.6. The molecule has 1 aliphatic carbocycles. The van der Waals surface area contributed by atoms with Gasteiger partial charge in [-0.1, -0.05) is 6.07 Å². The summed E-state index contributed by atoms with van der Waals surface area (Å²) < 4.78 is 1.85. The number of rotatable bonds is 3. The van der Waals surface area contributed by atoms with E-state index in [1.54, 1.807) is 0 Å². The van der Waals surface area contributed by atoms with Gasteiger partial charge in [0.2, 0.25) is 0 Å². The molecule has 3 heterocycles. The molecule has 1 aliphatic heterocycles. The average Bonchev–Trinajstić information content (AvgIpc) is 3.30. The molecule has 0 amide bonds. The van der Waals surface area contributed by atoms with Crippen LogP contribution in [-0.4, -0.2) is 39.1 Å². The Hall–Kier alpha value is -2.18. The molecule has 5 rings (SSSR count). The van der Waals surface area contributed by atoms with Crippen molar-refractivity contribution in [3.8, 4) is 11.3 Å². The zero-order valence-corrected chi connectivity index (χ0v) is 16.5. The molecule has 2 N–H and O–H groups in total. The summed E-state index contributed by atoms with van der Waals surface area (Å²) in [5.74, 6) is 2.54. The fourth-order valence-electron chi connectivity index (χ4n) is 4.67. The molecule has 1 saturated carbocycles. The van der Waals surface area contributed by atoms with Gasteiger partial charge in [-0.2, -0.15) is 5.10 Å². The van der Waals surface area contributed by atoms with E-state index in [1.807, 2.05) is 11.7 Å². The lowest BCUT2D eigenvalue weighted by atomic mass is 10.0. The van der Waals surface area contributed by atoms with E-state index in [4.69, 9.17) is 0 Å². The molecule has 2 atom stereocenters. The second kappa shape index (κ2) is 7.09. The summed E-state index contributed by atoms with van der Waals surface area (Å²) in [6, 6.07) is 8.79. The topological polar surface area (TPSA) is 67.7 Å². The first kappa shape index (κ1) is 18.2. The van der Waals surface area contributed by atoms with Gasteiger partial charge in [0, 0.05) is 30.2 Å². The van der Waals surface area contributed by atoms with Gasteiger partial charge < -0.3 is 10.6 Å². The van der Waals surface area contributed by atoms with Gasteiger partial charge in [0.05, 0.1) is 11.2 Å². The van der Waals surface area contributed by atoms with E-state index in [0.717, 1.165) is 34.4 Å². The zero-order valence-electron chi connectivity index (χ0n) is 15.6. The van der Waals surface area contributed by atoms with E-state index >= 15 is 0 Å². The molecule has 27 heavy (non-hydrogen) atoms. The molecule has 1 aromatic carbocycles. The maximum atomic E-state index is 4.49. The Balaban J connectivity index is 0.00000180. The van der Waals surface area contributed by atoms with Crippen molar-refractivity contribution in [3.63, 3.8) is 0 Å². The van der Waals surface area contributed by atoms with Crippen LogP contribution in [0.5, 0.6) is 0 Å². The standard InChI is InChI=1S/C20H24N6.ClH/c1-12-16(3-4-19-17(12)11-26(2)25-19)18-5-6-20(24-23-18)22-15-7-13-9-21-10-14(13)8-15;/h3-6,11,13-15,21H,7-10H2,1-2H3,(H,22,24);1H. The lowest BCUT2D eigenvalue weighted by Crippen LogP contribution is -2.21. The highest BCUT2D eigenvalue weighted by atomic mass is 35.5. The molecule has 2 fully saturated rings. The number of hydrogen-bond donors (Lipinski definition) is 2. The zero-order chi connectivity index (χ0) is 17.7. The van der Waals surface area contributed by atoms with Crippen molar-refractivity contribution in [1.82, 2.24) is 25.3 Å². The van der Waals surface area contributed by atoms with Crippen molar-refractivity contribution in [2.24, 2.45) is 18.9 Å². The number of nitrogens with zero attached hydrogens (tertiary/aromatic N) is 4. The summed E-state index contributed by atoms with van der Waals surface area (Å²) in [5.41, 5.74) is 4.24. The first-order valence-electron chi connectivity index (χ1n) is 9.41. The van der Waals surface area contributed by atoms with E-state index in [0.29, 0.717) is 6.04 Å². The minimum Gasteiger partial charge on any atom is -0.366 e. The summed E-state index contributed by atoms with van der Waals surface area (Å²) >= 11 is 0. The van der Waals surface area contributed by atoms with Crippen LogP contribution in [0.2, 0.25) is 0 Å². The van der Waals surface area contributed by atoms with Crippen LogP contribution in [0, 0.1) is 18.8 Å². The van der Waals surface area contributed by atoms with Gasteiger partial charge in [-0.3, -0.25) is 4.68 Å². The summed E-state index contributed by atoms with van der Waals surface area (Å²) in [4.78, 5) is 0. The number of nitrogens with one attached hydrogen (secondary N) is 2. The van der Waals surface area contributed by atoms with Crippen LogP contribution in [0.3, 0.4) is 0 Å². The van der Waals surface area contributed by atoms with E-state index in [1.165, 1.54) is 36.9 Å². The average molecular weight is 385 g/mol. The number of anilines is 1. The molecule has 2 aliphatic rings. The fraction of sp³-hybridized carbons (Fsp3) is 0.450. The first-order valence-corrected chi connectivity index (χ1v) is 9.41. The maximum Gasteiger partial charge on any atom is 0.148 e. The van der Waals surface area contributed by atoms with Crippen LogP contribution < -0.4 is 10.6 Å². The third-order valence-electron chi connectivity index (χ3n) is 6.02. The van der Waals surface area contributed by atoms with Crippen LogP contribution in [-0.2, 0) is 7.05 Å². The van der Waals surface area contributed by atoms with E-state index in [2.05, 4.69) is 63.3 Å². The molecule has 142 valence electrons. The molecule has 0 spiro atoms. The van der Waals surface area contributed by atoms with Crippen molar-refractivity contribution in [3.05, 3.63) is 36.0 Å². The van der Waals surface area contributed by atoms with Crippen molar-refractivity contribution < 1.29 is 0 Å². The number of aromatic nitrogens is 4. The summed E-state index contributed by atoms with van der Waals surface area (Å²) in [6.45, 7) is 4.46. The largest absolute Gasteiger partial charge is 0.366 e. The Morgan fingerprint density at radius 3 is 2.56 bits per heavy atom. The van der Waals surface area contributed by atoms with Crippen molar-refractivity contribution in [1.29, 1.82) is 0 Å². The minimum atomic E-state index is 0. The predicted molar refractivity (Wildman–Crippen MR) is 110 cm³/mol. The second-order valence-corrected chi connectivity index (χ2v) is 7.77. The van der Waals surface area contributed by atoms with Crippen LogP contribution in [0.1, 0.15) is 18.4 Å². The van der Waals surface area contributed by atoms with E-state index < -0.39 is 0 Å². The number of hydrogen-bond acceptors (Lipinski definition) is 5. The summed E-state index contributed by atoms with van der Waals surface area (Å²) in [6.07, 6.45) is 4.53. The van der Waals surface area contributed by atoms with Gasteiger partial charge in [0.1, 0.15) is 5.82 Å². The smallest absolute Gasteiger partial charge is 0.148 e. The predicted octanol–water partition coefficient (Wildman–Crippen LogP) is 3.17. The van der Waals surface area contributed by atoms with Crippen molar-refractivity contribution in [2.45, 2.75) is 25.8 Å². The van der Waals surface area contributed by atoms with Crippen LogP contribution in [0.25, 0.3) is 22.2 Å². The molecule has 7 heteroatoms. The molecule has 2 unspecified atom stereocenters. The van der Waals surface area contributed by atoms with Gasteiger partial charge in [0.25, 0.3) is 0 Å². The molecule has 0 radical (unpaired) electrons. The lowest BCUT2D eigenvalue weighted by molar-refractivity contribution is 0.494. The molecule has 6 nitrogen and oxygen atoms in total. The molecular formula is C20H25ClN6. The Labute approximate surface area is 165 Å². The van der Waals surface area contributed by atoms with Crippen molar-refractivity contribution >= 4 is 29.1 Å². The Bertz CT molecular complexity index is 939. The molecular weight excluding hydrogens is 360 g/mol. The van der Waals surface area contributed by atoms with Crippen molar-refractivity contribution in [2.75, 3.05) is 18.4 Å². The molecule has 1 saturated heterocycles. The summed E-state index contributed by atoms with van der Waals surface area (Å²) in [7, 11) is 1.95. The number of fused-ring (bicyclic) bond motifs is 2. The van der Waals surface area contributed by atoms with Crippen LogP contribution >= 0.6 is 12.4 Å². The highest BCUT2D eigenvalue weighted by Crippen LogP contribution is 2.35. The third kappa shape index (κ3) is 3.28. The molecule has 2 aromatic heterocycles. The van der Waals surface area contributed by atoms with Crippen LogP contribution in [0.4, 0.5) is 5.82 Å². The Kier molecular flexibility index (Phi) is 4.78. The van der Waals surface area contributed by atoms with E-state index in [-0.39, 0.29) is 12.4 Å². The quantitative estimate of drug-likeness (QED) is 0.726. The minimum absolute atomic E-state index is 0. The normalized spacial score (nSPS) is 24.0. The molecule has 3 aromatic rings. The monoisotopic (exact) mass is 384 g/mol. The third-order valence-corrected chi connectivity index (χ3v) is 6.02. The Morgan fingerprint density at radius 1 is 1.07 bits per heavy atom. The van der Waals surface area contributed by atoms with Gasteiger partial charge in [-0.25, -0.2) is 0 Å². The molecule has 0 bridgehead atoms. The van der Waals surface area contributed by atoms with Gasteiger partial charge in [-0.15, -0.1) is 22.6 Å². The van der Waals surface area contributed by atoms with Gasteiger partial charge in [-0.05, 0) is 68.5 Å².